The topological polar surface area (TPSA) is 64.3 Å². The minimum atomic E-state index is -0.311. The Morgan fingerprint density at radius 1 is 1.56 bits per heavy atom. The number of carbonyl (C=O) groups is 1. The van der Waals surface area contributed by atoms with E-state index in [0.717, 1.165) is 24.3 Å². The molecule has 1 aromatic carbocycles. The van der Waals surface area contributed by atoms with Crippen LogP contribution >= 0.6 is 11.8 Å². The first-order chi connectivity index (χ1) is 8.55. The third kappa shape index (κ3) is 2.56. The van der Waals surface area contributed by atoms with Crippen molar-refractivity contribution >= 4 is 29.0 Å². The molecule has 0 spiro atoms. The Bertz CT molecular complexity index is 456. The summed E-state index contributed by atoms with van der Waals surface area (Å²) in [6, 6.07) is 5.27. The van der Waals surface area contributed by atoms with Gasteiger partial charge in [0.2, 0.25) is 5.91 Å². The number of hydrogen-bond donors (Lipinski definition) is 2. The normalized spacial score (nSPS) is 22.8. The van der Waals surface area contributed by atoms with Crippen LogP contribution in [0.1, 0.15) is 19.8 Å². The quantitative estimate of drug-likeness (QED) is 0.825. The van der Waals surface area contributed by atoms with Crippen LogP contribution in [0.15, 0.2) is 18.2 Å². The molecule has 0 aliphatic carbocycles. The predicted octanol–water partition coefficient (Wildman–Crippen LogP) is 2.50. The van der Waals surface area contributed by atoms with Gasteiger partial charge in [-0.1, -0.05) is 0 Å². The van der Waals surface area contributed by atoms with E-state index in [4.69, 9.17) is 10.5 Å². The molecule has 0 saturated carbocycles. The van der Waals surface area contributed by atoms with Gasteiger partial charge in [0, 0.05) is 11.8 Å². The van der Waals surface area contributed by atoms with Crippen molar-refractivity contribution in [2.45, 2.75) is 24.5 Å². The summed E-state index contributed by atoms with van der Waals surface area (Å²) in [5.41, 5.74) is 7.03. The zero-order chi connectivity index (χ0) is 13.2. The van der Waals surface area contributed by atoms with Crippen LogP contribution in [0, 0.1) is 0 Å². The number of thioether (sulfide) groups is 1. The van der Waals surface area contributed by atoms with Crippen molar-refractivity contribution in [2.24, 2.45) is 0 Å². The van der Waals surface area contributed by atoms with E-state index in [1.165, 1.54) is 0 Å². The fourth-order valence-corrected chi connectivity index (χ4v) is 3.22. The van der Waals surface area contributed by atoms with Crippen LogP contribution in [0.5, 0.6) is 5.75 Å². The van der Waals surface area contributed by atoms with E-state index in [2.05, 4.69) is 5.32 Å². The summed E-state index contributed by atoms with van der Waals surface area (Å²) in [5.74, 6) is 1.68. The third-order valence-electron chi connectivity index (χ3n) is 3.19. The van der Waals surface area contributed by atoms with Gasteiger partial charge in [-0.15, -0.1) is 11.8 Å². The molecule has 1 aliphatic rings. The molecule has 0 aromatic heterocycles. The van der Waals surface area contributed by atoms with Crippen LogP contribution in [-0.2, 0) is 4.79 Å². The van der Waals surface area contributed by atoms with E-state index in [1.54, 1.807) is 37.1 Å². The number of hydrogen-bond acceptors (Lipinski definition) is 4. The molecule has 4 nitrogen and oxygen atoms in total. The highest BCUT2D eigenvalue weighted by Gasteiger charge is 2.37. The zero-order valence-corrected chi connectivity index (χ0v) is 11.5. The Morgan fingerprint density at radius 3 is 2.94 bits per heavy atom. The van der Waals surface area contributed by atoms with Crippen molar-refractivity contribution in [3.63, 3.8) is 0 Å². The van der Waals surface area contributed by atoms with E-state index >= 15 is 0 Å². The lowest BCUT2D eigenvalue weighted by Gasteiger charge is -2.21. The monoisotopic (exact) mass is 266 g/mol. The Hall–Kier alpha value is -1.36. The van der Waals surface area contributed by atoms with Crippen LogP contribution < -0.4 is 15.8 Å². The van der Waals surface area contributed by atoms with E-state index in [0.29, 0.717) is 11.4 Å². The van der Waals surface area contributed by atoms with Gasteiger partial charge >= 0.3 is 0 Å². The average Bonchev–Trinajstić information content (AvgIpc) is 2.80. The summed E-state index contributed by atoms with van der Waals surface area (Å²) in [6.07, 6.45) is 2.02. The SMILES string of the molecule is COc1cc(NC(=O)C2(C)CCCS2)ccc1N. The fourth-order valence-electron chi connectivity index (χ4n) is 2.01. The molecule has 98 valence electrons. The predicted molar refractivity (Wildman–Crippen MR) is 76.1 cm³/mol. The van der Waals surface area contributed by atoms with Crippen molar-refractivity contribution in [3.05, 3.63) is 18.2 Å². The van der Waals surface area contributed by atoms with Crippen LogP contribution in [0.2, 0.25) is 0 Å². The van der Waals surface area contributed by atoms with Gasteiger partial charge in [-0.25, -0.2) is 0 Å². The zero-order valence-electron chi connectivity index (χ0n) is 10.7. The maximum absolute atomic E-state index is 12.2. The number of nitrogen functional groups attached to an aromatic ring is 1. The summed E-state index contributed by atoms with van der Waals surface area (Å²) in [5, 5.41) is 2.93. The highest BCUT2D eigenvalue weighted by atomic mass is 32.2. The lowest BCUT2D eigenvalue weighted by atomic mass is 10.0. The molecule has 2 rings (SSSR count). The first-order valence-corrected chi connectivity index (χ1v) is 6.93. The maximum Gasteiger partial charge on any atom is 0.240 e. The molecule has 1 aliphatic heterocycles. The fraction of sp³-hybridized carbons (Fsp3) is 0.462. The highest BCUT2D eigenvalue weighted by molar-refractivity contribution is 8.01. The molecule has 0 bridgehead atoms. The molecule has 1 aromatic rings. The second-order valence-corrected chi connectivity index (χ2v) is 6.19. The second kappa shape index (κ2) is 5.10. The highest BCUT2D eigenvalue weighted by Crippen LogP contribution is 2.38. The molecular weight excluding hydrogens is 248 g/mol. The number of methoxy groups -OCH3 is 1. The van der Waals surface area contributed by atoms with Crippen molar-refractivity contribution < 1.29 is 9.53 Å². The molecule has 1 fully saturated rings. The third-order valence-corrected chi connectivity index (χ3v) is 4.71. The van der Waals surface area contributed by atoms with Crippen molar-refractivity contribution in [3.8, 4) is 5.75 Å². The summed E-state index contributed by atoms with van der Waals surface area (Å²) in [7, 11) is 1.56. The van der Waals surface area contributed by atoms with Crippen LogP contribution in [0.4, 0.5) is 11.4 Å². The largest absolute Gasteiger partial charge is 0.495 e. The standard InChI is InChI=1S/C13H18N2O2S/c1-13(6-3-7-18-13)12(16)15-9-4-5-10(14)11(8-9)17-2/h4-5,8H,3,6-7,14H2,1-2H3,(H,15,16). The van der Waals surface area contributed by atoms with Crippen LogP contribution in [0.25, 0.3) is 0 Å². The number of nitrogens with two attached hydrogens (primary N) is 1. The van der Waals surface area contributed by atoms with Gasteiger partial charge in [0.25, 0.3) is 0 Å². The van der Waals surface area contributed by atoms with Crippen molar-refractivity contribution in [1.29, 1.82) is 0 Å². The average molecular weight is 266 g/mol. The number of ether oxygens (including phenoxy) is 1. The lowest BCUT2D eigenvalue weighted by molar-refractivity contribution is -0.118. The molecule has 1 heterocycles. The summed E-state index contributed by atoms with van der Waals surface area (Å²) < 4.78 is 4.83. The number of anilines is 2. The number of benzene rings is 1. The summed E-state index contributed by atoms with van der Waals surface area (Å²) >= 11 is 1.72. The van der Waals surface area contributed by atoms with Crippen LogP contribution in [0.3, 0.4) is 0 Å². The van der Waals surface area contributed by atoms with Gasteiger partial charge in [-0.3, -0.25) is 4.79 Å². The van der Waals surface area contributed by atoms with Gasteiger partial charge in [-0.2, -0.15) is 0 Å². The number of amides is 1. The second-order valence-electron chi connectivity index (χ2n) is 4.59. The number of carbonyl (C=O) groups excluding carboxylic acids is 1. The molecule has 1 atom stereocenters. The van der Waals surface area contributed by atoms with Gasteiger partial charge in [-0.05, 0) is 37.7 Å². The van der Waals surface area contributed by atoms with Crippen LogP contribution in [-0.4, -0.2) is 23.5 Å². The minimum Gasteiger partial charge on any atom is -0.495 e. The molecule has 0 radical (unpaired) electrons. The van der Waals surface area contributed by atoms with Gasteiger partial charge in [0.05, 0.1) is 17.5 Å². The van der Waals surface area contributed by atoms with Gasteiger partial charge < -0.3 is 15.8 Å². The van der Waals surface area contributed by atoms with Gasteiger partial charge in [0.1, 0.15) is 5.75 Å². The Labute approximate surface area is 111 Å². The minimum absolute atomic E-state index is 0.0526. The molecule has 18 heavy (non-hydrogen) atoms. The summed E-state index contributed by atoms with van der Waals surface area (Å²) in [4.78, 5) is 12.2. The Kier molecular flexibility index (Phi) is 3.71. The van der Waals surface area contributed by atoms with E-state index < -0.39 is 0 Å². The molecule has 3 N–H and O–H groups in total. The molecule has 1 saturated heterocycles. The first-order valence-electron chi connectivity index (χ1n) is 5.94. The molecule has 1 amide bonds. The lowest BCUT2D eigenvalue weighted by Crippen LogP contribution is -2.34. The first kappa shape index (κ1) is 13.1. The van der Waals surface area contributed by atoms with E-state index in [1.807, 2.05) is 6.92 Å². The molecule has 1 unspecified atom stereocenters. The Balaban J connectivity index is 2.11. The maximum atomic E-state index is 12.2. The Morgan fingerprint density at radius 2 is 2.33 bits per heavy atom. The molecule has 5 heteroatoms. The molecular formula is C13H18N2O2S. The smallest absolute Gasteiger partial charge is 0.240 e. The number of rotatable bonds is 3. The van der Waals surface area contributed by atoms with Gasteiger partial charge in [0.15, 0.2) is 0 Å². The number of nitrogens with one attached hydrogen (secondary N) is 1. The van der Waals surface area contributed by atoms with E-state index in [9.17, 15) is 4.79 Å². The van der Waals surface area contributed by atoms with E-state index in [-0.39, 0.29) is 10.7 Å². The summed E-state index contributed by atoms with van der Waals surface area (Å²) in [6.45, 7) is 1.99. The van der Waals surface area contributed by atoms with Crippen molar-refractivity contribution in [1.82, 2.24) is 0 Å². The van der Waals surface area contributed by atoms with Crippen molar-refractivity contribution in [2.75, 3.05) is 23.9 Å².